The summed E-state index contributed by atoms with van der Waals surface area (Å²) >= 11 is 3.45. The van der Waals surface area contributed by atoms with Crippen LogP contribution in [0.25, 0.3) is 0 Å². The maximum atomic E-state index is 4.45. The molecule has 3 nitrogen and oxygen atoms in total. The van der Waals surface area contributed by atoms with E-state index in [9.17, 15) is 0 Å². The van der Waals surface area contributed by atoms with E-state index in [1.54, 1.807) is 0 Å². The minimum Gasteiger partial charge on any atom is -0.316 e. The Hall–Kier alpha value is -0.130. The first kappa shape index (κ1) is 12.3. The molecule has 2 unspecified atom stereocenters. The summed E-state index contributed by atoms with van der Waals surface area (Å²) in [6, 6.07) is 0.636. The molecule has 1 aliphatic rings. The van der Waals surface area contributed by atoms with Gasteiger partial charge in [0, 0.05) is 11.3 Å². The van der Waals surface area contributed by atoms with Gasteiger partial charge in [-0.3, -0.25) is 0 Å². The highest BCUT2D eigenvalue weighted by Gasteiger charge is 2.24. The third-order valence-corrected chi connectivity index (χ3v) is 5.36. The predicted molar refractivity (Wildman–Crippen MR) is 70.2 cm³/mol. The van der Waals surface area contributed by atoms with Gasteiger partial charge in [-0.25, -0.2) is 4.98 Å². The normalized spacial score (nSPS) is 26.6. The van der Waals surface area contributed by atoms with E-state index >= 15 is 0 Å². The molecular formula is C11H19N3S2. The molecule has 2 atom stereocenters. The van der Waals surface area contributed by atoms with E-state index in [-0.39, 0.29) is 0 Å². The number of thioether (sulfide) groups is 1. The Kier molecular flexibility index (Phi) is 4.61. The van der Waals surface area contributed by atoms with Crippen molar-refractivity contribution in [2.45, 2.75) is 54.7 Å². The zero-order valence-corrected chi connectivity index (χ0v) is 11.5. The Balaban J connectivity index is 1.99. The molecule has 0 amide bonds. The molecule has 1 aromatic rings. The summed E-state index contributed by atoms with van der Waals surface area (Å²) in [4.78, 5) is 4.45. The van der Waals surface area contributed by atoms with Crippen LogP contribution in [0.5, 0.6) is 0 Å². The van der Waals surface area contributed by atoms with Crippen LogP contribution in [0.15, 0.2) is 4.34 Å². The summed E-state index contributed by atoms with van der Waals surface area (Å²) in [6.45, 7) is 1.96. The van der Waals surface area contributed by atoms with Crippen LogP contribution in [0.4, 0.5) is 0 Å². The summed E-state index contributed by atoms with van der Waals surface area (Å²) in [6.07, 6.45) is 6.69. The van der Waals surface area contributed by atoms with Gasteiger partial charge in [0.15, 0.2) is 4.34 Å². The Morgan fingerprint density at radius 2 is 2.12 bits per heavy atom. The molecule has 16 heavy (non-hydrogen) atoms. The first-order valence-corrected chi connectivity index (χ1v) is 7.59. The van der Waals surface area contributed by atoms with Gasteiger partial charge in [0.1, 0.15) is 5.82 Å². The molecule has 0 bridgehead atoms. The summed E-state index contributed by atoms with van der Waals surface area (Å²) in [5.41, 5.74) is 0. The second kappa shape index (κ2) is 5.98. The fraction of sp³-hybridized carbons (Fsp3) is 0.818. The first-order chi connectivity index (χ1) is 7.79. The molecule has 0 aliphatic heterocycles. The maximum Gasteiger partial charge on any atom is 0.170 e. The fourth-order valence-corrected chi connectivity index (χ4v) is 4.44. The quantitative estimate of drug-likeness (QED) is 0.845. The Labute approximate surface area is 106 Å². The zero-order chi connectivity index (χ0) is 11.4. The van der Waals surface area contributed by atoms with Crippen LogP contribution in [0.1, 0.15) is 37.9 Å². The molecule has 2 rings (SSSR count). The van der Waals surface area contributed by atoms with E-state index in [1.807, 2.05) is 18.7 Å². The number of nitrogens with zero attached hydrogens (tertiary/aromatic N) is 2. The van der Waals surface area contributed by atoms with E-state index in [2.05, 4.69) is 21.7 Å². The van der Waals surface area contributed by atoms with Crippen LogP contribution in [-0.4, -0.2) is 27.7 Å². The average molecular weight is 257 g/mol. The van der Waals surface area contributed by atoms with Crippen LogP contribution in [0.2, 0.25) is 0 Å². The molecule has 1 saturated carbocycles. The van der Waals surface area contributed by atoms with Crippen molar-refractivity contribution >= 4 is 23.3 Å². The highest BCUT2D eigenvalue weighted by Crippen LogP contribution is 2.33. The summed E-state index contributed by atoms with van der Waals surface area (Å²) in [7, 11) is 2.08. The second-order valence-corrected chi connectivity index (χ2v) is 6.54. The van der Waals surface area contributed by atoms with Crippen molar-refractivity contribution in [1.29, 1.82) is 0 Å². The molecule has 90 valence electrons. The third kappa shape index (κ3) is 3.18. The lowest BCUT2D eigenvalue weighted by molar-refractivity contribution is 0.510. The van der Waals surface area contributed by atoms with Crippen molar-refractivity contribution in [3.8, 4) is 0 Å². The molecule has 1 N–H and O–H groups in total. The Morgan fingerprint density at radius 3 is 2.81 bits per heavy atom. The highest BCUT2D eigenvalue weighted by molar-refractivity contribution is 8.01. The molecule has 1 aromatic heterocycles. The van der Waals surface area contributed by atoms with Gasteiger partial charge in [-0.05, 0) is 38.3 Å². The zero-order valence-electron chi connectivity index (χ0n) is 9.90. The number of hydrogen-bond donors (Lipinski definition) is 1. The van der Waals surface area contributed by atoms with Crippen LogP contribution in [0, 0.1) is 6.92 Å². The SMILES string of the molecule is CNC1CCCCCC1Sc1nc(C)ns1. The smallest absolute Gasteiger partial charge is 0.170 e. The monoisotopic (exact) mass is 257 g/mol. The van der Waals surface area contributed by atoms with Crippen molar-refractivity contribution in [1.82, 2.24) is 14.7 Å². The van der Waals surface area contributed by atoms with Gasteiger partial charge >= 0.3 is 0 Å². The lowest BCUT2D eigenvalue weighted by Gasteiger charge is -2.22. The topological polar surface area (TPSA) is 37.8 Å². The Bertz CT molecular complexity index is 327. The predicted octanol–water partition coefficient (Wildman–Crippen LogP) is 2.86. The van der Waals surface area contributed by atoms with Gasteiger partial charge in [-0.15, -0.1) is 0 Å². The lowest BCUT2D eigenvalue weighted by Crippen LogP contribution is -2.34. The van der Waals surface area contributed by atoms with E-state index < -0.39 is 0 Å². The van der Waals surface area contributed by atoms with Crippen molar-refractivity contribution in [3.63, 3.8) is 0 Å². The number of aromatic nitrogens is 2. The molecule has 1 fully saturated rings. The van der Waals surface area contributed by atoms with Crippen LogP contribution in [-0.2, 0) is 0 Å². The number of nitrogens with one attached hydrogen (secondary N) is 1. The van der Waals surface area contributed by atoms with Crippen molar-refractivity contribution in [3.05, 3.63) is 5.82 Å². The van der Waals surface area contributed by atoms with Gasteiger partial charge < -0.3 is 5.32 Å². The Morgan fingerprint density at radius 1 is 1.31 bits per heavy atom. The molecular weight excluding hydrogens is 238 g/mol. The molecule has 0 spiro atoms. The fourth-order valence-electron chi connectivity index (χ4n) is 2.20. The van der Waals surface area contributed by atoms with Crippen LogP contribution >= 0.6 is 23.3 Å². The third-order valence-electron chi connectivity index (χ3n) is 3.08. The molecule has 5 heteroatoms. The first-order valence-electron chi connectivity index (χ1n) is 5.94. The number of rotatable bonds is 3. The molecule has 0 saturated heterocycles. The van der Waals surface area contributed by atoms with Gasteiger partial charge in [-0.2, -0.15) is 4.37 Å². The number of aryl methyl sites for hydroxylation is 1. The van der Waals surface area contributed by atoms with Crippen LogP contribution in [0.3, 0.4) is 0 Å². The van der Waals surface area contributed by atoms with E-state index in [0.29, 0.717) is 11.3 Å². The van der Waals surface area contributed by atoms with E-state index in [4.69, 9.17) is 0 Å². The van der Waals surface area contributed by atoms with Crippen molar-refractivity contribution in [2.24, 2.45) is 0 Å². The average Bonchev–Trinajstić information content (AvgIpc) is 2.56. The van der Waals surface area contributed by atoms with E-state index in [1.165, 1.54) is 43.6 Å². The van der Waals surface area contributed by atoms with Gasteiger partial charge in [0.05, 0.1) is 0 Å². The molecule has 0 aromatic carbocycles. The van der Waals surface area contributed by atoms with Gasteiger partial charge in [0.2, 0.25) is 0 Å². The largest absolute Gasteiger partial charge is 0.316 e. The van der Waals surface area contributed by atoms with Crippen LogP contribution < -0.4 is 5.32 Å². The second-order valence-electron chi connectivity index (χ2n) is 4.30. The maximum absolute atomic E-state index is 4.45. The molecule has 1 heterocycles. The molecule has 1 aliphatic carbocycles. The minimum absolute atomic E-state index is 0.636. The minimum atomic E-state index is 0.636. The molecule has 0 radical (unpaired) electrons. The summed E-state index contributed by atoms with van der Waals surface area (Å²) < 4.78 is 5.38. The standard InChI is InChI=1S/C11H19N3S2/c1-8-13-11(16-14-8)15-10-7-5-3-4-6-9(10)12-2/h9-10,12H,3-7H2,1-2H3. The highest BCUT2D eigenvalue weighted by atomic mass is 32.2. The summed E-state index contributed by atoms with van der Waals surface area (Å²) in [5.74, 6) is 0.905. The lowest BCUT2D eigenvalue weighted by atomic mass is 10.1. The number of hydrogen-bond acceptors (Lipinski definition) is 5. The van der Waals surface area contributed by atoms with Gasteiger partial charge in [-0.1, -0.05) is 31.0 Å². The van der Waals surface area contributed by atoms with Gasteiger partial charge in [0.25, 0.3) is 0 Å². The van der Waals surface area contributed by atoms with Crippen molar-refractivity contribution in [2.75, 3.05) is 7.05 Å². The van der Waals surface area contributed by atoms with E-state index in [0.717, 1.165) is 10.2 Å². The van der Waals surface area contributed by atoms with Crippen molar-refractivity contribution < 1.29 is 0 Å². The summed E-state index contributed by atoms with van der Waals surface area (Å²) in [5, 5.41) is 4.12.